The standard InChI is InChI=1S/C14H16N2O3/c1-8-4-5-11(19-3)14-13(8)10(6-9(2)16-14)15-7-12(17)18/h4-6H,7H2,1-3H3,(H,15,16)(H,17,18). The lowest BCUT2D eigenvalue weighted by Crippen LogP contribution is -2.13. The highest BCUT2D eigenvalue weighted by atomic mass is 16.5. The summed E-state index contributed by atoms with van der Waals surface area (Å²) in [6.07, 6.45) is 0. The van der Waals surface area contributed by atoms with Crippen molar-refractivity contribution in [1.29, 1.82) is 0 Å². The van der Waals surface area contributed by atoms with E-state index >= 15 is 0 Å². The van der Waals surface area contributed by atoms with Crippen molar-refractivity contribution in [2.24, 2.45) is 0 Å². The van der Waals surface area contributed by atoms with Crippen LogP contribution in [0.2, 0.25) is 0 Å². The third-order valence-electron chi connectivity index (χ3n) is 2.91. The van der Waals surface area contributed by atoms with Gasteiger partial charge in [0, 0.05) is 16.8 Å². The number of hydrogen-bond donors (Lipinski definition) is 2. The van der Waals surface area contributed by atoms with Crippen LogP contribution in [0.5, 0.6) is 5.75 Å². The summed E-state index contributed by atoms with van der Waals surface area (Å²) >= 11 is 0. The number of aromatic nitrogens is 1. The van der Waals surface area contributed by atoms with E-state index in [2.05, 4.69) is 10.3 Å². The van der Waals surface area contributed by atoms with Gasteiger partial charge in [0.05, 0.1) is 7.11 Å². The van der Waals surface area contributed by atoms with Gasteiger partial charge in [-0.25, -0.2) is 4.98 Å². The van der Waals surface area contributed by atoms with E-state index in [0.717, 1.165) is 27.8 Å². The first kappa shape index (κ1) is 13.1. The van der Waals surface area contributed by atoms with Crippen LogP contribution in [0.1, 0.15) is 11.3 Å². The summed E-state index contributed by atoms with van der Waals surface area (Å²) in [5.41, 5.74) is 3.34. The molecule has 0 aliphatic heterocycles. The number of nitrogens with zero attached hydrogens (tertiary/aromatic N) is 1. The number of benzene rings is 1. The molecule has 0 amide bonds. The molecule has 0 radical (unpaired) electrons. The van der Waals surface area contributed by atoms with E-state index in [0.29, 0.717) is 5.75 Å². The van der Waals surface area contributed by atoms with Gasteiger partial charge < -0.3 is 15.2 Å². The van der Waals surface area contributed by atoms with Crippen LogP contribution < -0.4 is 10.1 Å². The van der Waals surface area contributed by atoms with Gasteiger partial charge in [-0.15, -0.1) is 0 Å². The van der Waals surface area contributed by atoms with Crippen LogP contribution in [0.4, 0.5) is 5.69 Å². The van der Waals surface area contributed by atoms with Gasteiger partial charge >= 0.3 is 5.97 Å². The van der Waals surface area contributed by atoms with Crippen LogP contribution in [0.25, 0.3) is 10.9 Å². The zero-order chi connectivity index (χ0) is 14.0. The molecule has 0 fully saturated rings. The number of fused-ring (bicyclic) bond motifs is 1. The minimum atomic E-state index is -0.900. The summed E-state index contributed by atoms with van der Waals surface area (Å²) in [6.45, 7) is 3.70. The van der Waals surface area contributed by atoms with E-state index in [1.807, 2.05) is 32.0 Å². The molecule has 0 saturated carbocycles. The number of ether oxygens (including phenoxy) is 1. The zero-order valence-electron chi connectivity index (χ0n) is 11.2. The normalized spacial score (nSPS) is 10.5. The van der Waals surface area contributed by atoms with Crippen molar-refractivity contribution in [2.75, 3.05) is 19.0 Å². The Bertz CT molecular complexity index is 638. The molecular formula is C14H16N2O3. The van der Waals surface area contributed by atoms with E-state index in [1.165, 1.54) is 0 Å². The molecule has 0 saturated heterocycles. The Balaban J connectivity index is 2.65. The third-order valence-corrected chi connectivity index (χ3v) is 2.91. The zero-order valence-corrected chi connectivity index (χ0v) is 11.2. The van der Waals surface area contributed by atoms with Crippen LogP contribution in [0, 0.1) is 13.8 Å². The lowest BCUT2D eigenvalue weighted by atomic mass is 10.1. The Labute approximate surface area is 111 Å². The first-order chi connectivity index (χ1) is 9.02. The van der Waals surface area contributed by atoms with Crippen molar-refractivity contribution < 1.29 is 14.6 Å². The largest absolute Gasteiger partial charge is 0.494 e. The first-order valence-corrected chi connectivity index (χ1v) is 5.93. The Kier molecular flexibility index (Phi) is 3.55. The number of carboxylic acid groups (broad SMARTS) is 1. The highest BCUT2D eigenvalue weighted by molar-refractivity contribution is 5.98. The van der Waals surface area contributed by atoms with Crippen molar-refractivity contribution in [1.82, 2.24) is 4.98 Å². The summed E-state index contributed by atoms with van der Waals surface area (Å²) in [5, 5.41) is 12.6. The molecule has 5 nitrogen and oxygen atoms in total. The number of aryl methyl sites for hydroxylation is 2. The number of anilines is 1. The predicted octanol–water partition coefficient (Wildman–Crippen LogP) is 2.36. The van der Waals surface area contributed by atoms with Crippen molar-refractivity contribution >= 4 is 22.6 Å². The topological polar surface area (TPSA) is 71.5 Å². The summed E-state index contributed by atoms with van der Waals surface area (Å²) in [5.74, 6) is -0.217. The number of hydrogen-bond acceptors (Lipinski definition) is 4. The monoisotopic (exact) mass is 260 g/mol. The fraction of sp³-hybridized carbons (Fsp3) is 0.286. The molecule has 1 aromatic carbocycles. The number of methoxy groups -OCH3 is 1. The van der Waals surface area contributed by atoms with Crippen LogP contribution in [0.15, 0.2) is 18.2 Å². The number of aliphatic carboxylic acids is 1. The summed E-state index contributed by atoms with van der Waals surface area (Å²) in [6, 6.07) is 5.65. The maximum atomic E-state index is 10.7. The molecule has 0 unspecified atom stereocenters. The molecule has 0 aliphatic carbocycles. The molecule has 100 valence electrons. The molecule has 0 spiro atoms. The molecule has 2 rings (SSSR count). The summed E-state index contributed by atoms with van der Waals surface area (Å²) < 4.78 is 5.31. The molecule has 19 heavy (non-hydrogen) atoms. The molecule has 0 aliphatic rings. The molecular weight excluding hydrogens is 244 g/mol. The second kappa shape index (κ2) is 5.14. The Morgan fingerprint density at radius 1 is 1.42 bits per heavy atom. The Morgan fingerprint density at radius 2 is 2.16 bits per heavy atom. The highest BCUT2D eigenvalue weighted by Crippen LogP contribution is 2.32. The van der Waals surface area contributed by atoms with Gasteiger partial charge in [0.25, 0.3) is 0 Å². The van der Waals surface area contributed by atoms with Gasteiger partial charge in [0.15, 0.2) is 0 Å². The smallest absolute Gasteiger partial charge is 0.322 e. The van der Waals surface area contributed by atoms with E-state index in [9.17, 15) is 4.79 Å². The van der Waals surface area contributed by atoms with Gasteiger partial charge in [-0.2, -0.15) is 0 Å². The van der Waals surface area contributed by atoms with E-state index < -0.39 is 5.97 Å². The van der Waals surface area contributed by atoms with Crippen molar-refractivity contribution in [2.45, 2.75) is 13.8 Å². The van der Waals surface area contributed by atoms with Crippen molar-refractivity contribution in [3.8, 4) is 5.75 Å². The molecule has 1 aromatic heterocycles. The van der Waals surface area contributed by atoms with Gasteiger partial charge in [-0.1, -0.05) is 6.07 Å². The van der Waals surface area contributed by atoms with E-state index in [-0.39, 0.29) is 6.54 Å². The van der Waals surface area contributed by atoms with Crippen LogP contribution in [-0.2, 0) is 4.79 Å². The summed E-state index contributed by atoms with van der Waals surface area (Å²) in [4.78, 5) is 15.2. The highest BCUT2D eigenvalue weighted by Gasteiger charge is 2.11. The van der Waals surface area contributed by atoms with E-state index in [4.69, 9.17) is 9.84 Å². The molecule has 5 heteroatoms. The van der Waals surface area contributed by atoms with Crippen LogP contribution in [0.3, 0.4) is 0 Å². The van der Waals surface area contributed by atoms with Gasteiger partial charge in [-0.3, -0.25) is 4.79 Å². The molecule has 2 aromatic rings. The lowest BCUT2D eigenvalue weighted by Gasteiger charge is -2.13. The minimum Gasteiger partial charge on any atom is -0.494 e. The maximum Gasteiger partial charge on any atom is 0.322 e. The van der Waals surface area contributed by atoms with Crippen LogP contribution in [-0.4, -0.2) is 29.7 Å². The number of nitrogens with one attached hydrogen (secondary N) is 1. The quantitative estimate of drug-likeness (QED) is 0.883. The molecule has 0 bridgehead atoms. The van der Waals surface area contributed by atoms with Crippen molar-refractivity contribution in [3.05, 3.63) is 29.5 Å². The number of pyridine rings is 1. The van der Waals surface area contributed by atoms with E-state index in [1.54, 1.807) is 7.11 Å². The lowest BCUT2D eigenvalue weighted by molar-refractivity contribution is -0.134. The average molecular weight is 260 g/mol. The molecule has 1 heterocycles. The van der Waals surface area contributed by atoms with Crippen LogP contribution >= 0.6 is 0 Å². The summed E-state index contributed by atoms with van der Waals surface area (Å²) in [7, 11) is 1.60. The number of carboxylic acids is 1. The predicted molar refractivity (Wildman–Crippen MR) is 73.9 cm³/mol. The Morgan fingerprint density at radius 3 is 2.79 bits per heavy atom. The first-order valence-electron chi connectivity index (χ1n) is 5.93. The van der Waals surface area contributed by atoms with Crippen molar-refractivity contribution in [3.63, 3.8) is 0 Å². The number of carbonyl (C=O) groups is 1. The fourth-order valence-corrected chi connectivity index (χ4v) is 2.09. The maximum absolute atomic E-state index is 10.7. The third kappa shape index (κ3) is 2.59. The number of rotatable bonds is 4. The molecule has 2 N–H and O–H groups in total. The Hall–Kier alpha value is -2.30. The van der Waals surface area contributed by atoms with Gasteiger partial charge in [0.1, 0.15) is 17.8 Å². The average Bonchev–Trinajstić information content (AvgIpc) is 2.36. The van der Waals surface area contributed by atoms with Gasteiger partial charge in [0.2, 0.25) is 0 Å². The second-order valence-electron chi connectivity index (χ2n) is 4.37. The minimum absolute atomic E-state index is 0.130. The SMILES string of the molecule is COc1ccc(C)c2c(NCC(=O)O)cc(C)nc12. The fourth-order valence-electron chi connectivity index (χ4n) is 2.09. The van der Waals surface area contributed by atoms with Gasteiger partial charge in [-0.05, 0) is 31.5 Å². The second-order valence-corrected chi connectivity index (χ2v) is 4.37. The molecule has 0 atom stereocenters.